The zero-order valence-corrected chi connectivity index (χ0v) is 15.3. The highest BCUT2D eigenvalue weighted by molar-refractivity contribution is 5.64. The fourth-order valence-electron chi connectivity index (χ4n) is 3.86. The van der Waals surface area contributed by atoms with Crippen LogP contribution in [0.1, 0.15) is 55.6 Å². The molecular formula is C24H28F2. The lowest BCUT2D eigenvalue weighted by Crippen LogP contribution is -2.11. The van der Waals surface area contributed by atoms with Gasteiger partial charge in [0.15, 0.2) is 0 Å². The predicted molar refractivity (Wildman–Crippen MR) is 106 cm³/mol. The van der Waals surface area contributed by atoms with Crippen LogP contribution >= 0.6 is 0 Å². The molecule has 1 aliphatic rings. The van der Waals surface area contributed by atoms with Gasteiger partial charge in [-0.1, -0.05) is 60.7 Å². The van der Waals surface area contributed by atoms with E-state index in [4.69, 9.17) is 0 Å². The van der Waals surface area contributed by atoms with Gasteiger partial charge in [-0.3, -0.25) is 4.39 Å². The third-order valence-corrected chi connectivity index (χ3v) is 5.51. The molecule has 2 heteroatoms. The van der Waals surface area contributed by atoms with Crippen LogP contribution in [0.15, 0.2) is 60.7 Å². The molecular weight excluding hydrogens is 326 g/mol. The summed E-state index contributed by atoms with van der Waals surface area (Å²) in [6.07, 6.45) is 10.9. The molecule has 0 unspecified atom stereocenters. The van der Waals surface area contributed by atoms with Crippen molar-refractivity contribution in [3.05, 3.63) is 71.8 Å². The van der Waals surface area contributed by atoms with Crippen molar-refractivity contribution in [3.8, 4) is 11.1 Å². The Bertz CT molecular complexity index is 677. The summed E-state index contributed by atoms with van der Waals surface area (Å²) in [6.45, 7) is -0.625. The molecule has 0 saturated heterocycles. The molecule has 0 nitrogen and oxygen atoms in total. The number of halogens is 2. The molecule has 26 heavy (non-hydrogen) atoms. The van der Waals surface area contributed by atoms with Crippen molar-refractivity contribution in [1.82, 2.24) is 0 Å². The Morgan fingerprint density at radius 1 is 0.808 bits per heavy atom. The molecule has 1 fully saturated rings. The number of unbranched alkanes of at least 4 members (excludes halogenated alkanes) is 1. The Balaban J connectivity index is 1.55. The number of hydrogen-bond acceptors (Lipinski definition) is 0. The fraction of sp³-hybridized carbons (Fsp3) is 0.417. The molecule has 0 atom stereocenters. The Morgan fingerprint density at radius 2 is 1.42 bits per heavy atom. The fourth-order valence-corrected chi connectivity index (χ4v) is 3.86. The summed E-state index contributed by atoms with van der Waals surface area (Å²) in [7, 11) is 0. The first-order valence-electron chi connectivity index (χ1n) is 9.78. The van der Waals surface area contributed by atoms with Crippen molar-refractivity contribution in [2.75, 3.05) is 6.67 Å². The van der Waals surface area contributed by atoms with Crippen molar-refractivity contribution in [1.29, 1.82) is 0 Å². The number of benzene rings is 2. The lowest BCUT2D eigenvalue weighted by molar-refractivity contribution is 0.375. The summed E-state index contributed by atoms with van der Waals surface area (Å²) in [4.78, 5) is 0. The highest BCUT2D eigenvalue weighted by atomic mass is 19.1. The summed E-state index contributed by atoms with van der Waals surface area (Å²) in [5, 5.41) is 0. The molecule has 0 bridgehead atoms. The van der Waals surface area contributed by atoms with Gasteiger partial charge in [-0.25, -0.2) is 4.39 Å². The van der Waals surface area contributed by atoms with Gasteiger partial charge in [0.25, 0.3) is 0 Å². The maximum atomic E-state index is 12.6. The Kier molecular flexibility index (Phi) is 6.99. The van der Waals surface area contributed by atoms with Crippen LogP contribution < -0.4 is 0 Å². The highest BCUT2D eigenvalue weighted by Crippen LogP contribution is 2.37. The first kappa shape index (κ1) is 18.8. The first-order chi connectivity index (χ1) is 12.8. The minimum absolute atomic E-state index is 0.215. The number of allylic oxidation sites excluding steroid dienone is 2. The molecule has 3 rings (SSSR count). The maximum absolute atomic E-state index is 12.6. The normalized spacial score (nSPS) is 20.5. The molecule has 2 aromatic carbocycles. The predicted octanol–water partition coefficient (Wildman–Crippen LogP) is 7.40. The SMILES string of the molecule is FCCCC=CC1CCC(c2ccc(-c3ccc(CF)cc3)cc2)CC1. The zero-order valence-electron chi connectivity index (χ0n) is 15.3. The van der Waals surface area contributed by atoms with E-state index >= 15 is 0 Å². The average Bonchev–Trinajstić information content (AvgIpc) is 2.72. The lowest BCUT2D eigenvalue weighted by atomic mass is 9.78. The van der Waals surface area contributed by atoms with Crippen LogP contribution in [0.2, 0.25) is 0 Å². The maximum Gasteiger partial charge on any atom is 0.115 e. The molecule has 0 radical (unpaired) electrons. The topological polar surface area (TPSA) is 0 Å². The molecule has 0 spiro atoms. The van der Waals surface area contributed by atoms with E-state index in [1.165, 1.54) is 36.8 Å². The van der Waals surface area contributed by atoms with E-state index in [0.717, 1.165) is 17.5 Å². The Morgan fingerprint density at radius 3 is 2.00 bits per heavy atom. The number of alkyl halides is 2. The van der Waals surface area contributed by atoms with E-state index < -0.39 is 6.67 Å². The molecule has 0 aromatic heterocycles. The largest absolute Gasteiger partial charge is 0.251 e. The molecule has 1 aliphatic carbocycles. The smallest absolute Gasteiger partial charge is 0.115 e. The van der Waals surface area contributed by atoms with Crippen molar-refractivity contribution in [3.63, 3.8) is 0 Å². The van der Waals surface area contributed by atoms with Gasteiger partial charge in [0.05, 0.1) is 6.67 Å². The summed E-state index contributed by atoms with van der Waals surface area (Å²) in [6, 6.07) is 16.6. The van der Waals surface area contributed by atoms with Gasteiger partial charge in [-0.2, -0.15) is 0 Å². The van der Waals surface area contributed by atoms with Crippen molar-refractivity contribution < 1.29 is 8.78 Å². The lowest BCUT2D eigenvalue weighted by Gasteiger charge is -2.27. The first-order valence-corrected chi connectivity index (χ1v) is 9.78. The van der Waals surface area contributed by atoms with Gasteiger partial charge in [0.1, 0.15) is 6.67 Å². The van der Waals surface area contributed by atoms with Crippen LogP contribution in [0.25, 0.3) is 11.1 Å². The second kappa shape index (κ2) is 9.66. The van der Waals surface area contributed by atoms with Crippen LogP contribution in [-0.2, 0) is 6.67 Å². The van der Waals surface area contributed by atoms with E-state index in [-0.39, 0.29) is 6.67 Å². The van der Waals surface area contributed by atoms with E-state index in [9.17, 15) is 8.78 Å². The third kappa shape index (κ3) is 5.03. The Hall–Kier alpha value is -1.96. The molecule has 138 valence electrons. The van der Waals surface area contributed by atoms with E-state index in [1.54, 1.807) is 0 Å². The van der Waals surface area contributed by atoms with Crippen molar-refractivity contribution >= 4 is 0 Å². The molecule has 1 saturated carbocycles. The van der Waals surface area contributed by atoms with Crippen LogP contribution in [-0.4, -0.2) is 6.67 Å². The van der Waals surface area contributed by atoms with Crippen molar-refractivity contribution in [2.45, 2.75) is 51.1 Å². The van der Waals surface area contributed by atoms with Crippen LogP contribution in [0.4, 0.5) is 8.78 Å². The monoisotopic (exact) mass is 354 g/mol. The molecule has 0 amide bonds. The quantitative estimate of drug-likeness (QED) is 0.359. The standard InChI is InChI=1S/C24H28F2/c25-17-3-1-2-4-19-5-9-21(10-6-19)23-13-15-24(16-14-23)22-11-7-20(18-26)8-12-22/h2,4,7-8,11-16,19,21H,1,3,5-6,9-10,17-18H2. The van der Waals surface area contributed by atoms with E-state index in [2.05, 4.69) is 36.4 Å². The summed E-state index contributed by atoms with van der Waals surface area (Å²) < 4.78 is 24.7. The van der Waals surface area contributed by atoms with Gasteiger partial charge in [-0.15, -0.1) is 0 Å². The van der Waals surface area contributed by atoms with Crippen LogP contribution in [0.3, 0.4) is 0 Å². The van der Waals surface area contributed by atoms with Crippen molar-refractivity contribution in [2.24, 2.45) is 5.92 Å². The Labute approximate surface area is 156 Å². The van der Waals surface area contributed by atoms with Crippen LogP contribution in [0.5, 0.6) is 0 Å². The van der Waals surface area contributed by atoms with Gasteiger partial charge in [0.2, 0.25) is 0 Å². The summed E-state index contributed by atoms with van der Waals surface area (Å²) >= 11 is 0. The van der Waals surface area contributed by atoms with Gasteiger partial charge in [-0.05, 0) is 72.6 Å². The van der Waals surface area contributed by atoms with E-state index in [1.807, 2.05) is 24.3 Å². The molecule has 0 aliphatic heterocycles. The van der Waals surface area contributed by atoms with Crippen LogP contribution in [0, 0.1) is 5.92 Å². The second-order valence-electron chi connectivity index (χ2n) is 7.32. The minimum Gasteiger partial charge on any atom is -0.251 e. The number of hydrogen-bond donors (Lipinski definition) is 0. The zero-order chi connectivity index (χ0) is 18.2. The van der Waals surface area contributed by atoms with Gasteiger partial charge in [0, 0.05) is 0 Å². The highest BCUT2D eigenvalue weighted by Gasteiger charge is 2.20. The number of rotatable bonds is 7. The summed E-state index contributed by atoms with van der Waals surface area (Å²) in [5.74, 6) is 1.31. The minimum atomic E-state index is -0.410. The molecule has 0 N–H and O–H groups in total. The van der Waals surface area contributed by atoms with Gasteiger partial charge < -0.3 is 0 Å². The molecule has 0 heterocycles. The molecule has 2 aromatic rings. The van der Waals surface area contributed by atoms with Gasteiger partial charge >= 0.3 is 0 Å². The van der Waals surface area contributed by atoms with E-state index in [0.29, 0.717) is 18.3 Å². The average molecular weight is 354 g/mol. The summed E-state index contributed by atoms with van der Waals surface area (Å²) in [5.41, 5.74) is 4.47. The third-order valence-electron chi connectivity index (χ3n) is 5.51. The second-order valence-corrected chi connectivity index (χ2v) is 7.32.